The second-order valence-corrected chi connectivity index (χ2v) is 12.4. The number of aryl methyl sites for hydroxylation is 1. The zero-order valence-electron chi connectivity index (χ0n) is 20.1. The van der Waals surface area contributed by atoms with Crippen LogP contribution in [0.2, 0.25) is 0 Å². The first-order valence-electron chi connectivity index (χ1n) is 12.2. The highest BCUT2D eigenvalue weighted by Gasteiger charge is 2.35. The van der Waals surface area contributed by atoms with Gasteiger partial charge in [-0.2, -0.15) is 12.7 Å². The lowest BCUT2D eigenvalue weighted by atomic mass is 9.74. The maximum absolute atomic E-state index is 12.6. The molecule has 194 valence electrons. The van der Waals surface area contributed by atoms with Crippen molar-refractivity contribution in [2.24, 2.45) is 11.8 Å². The van der Waals surface area contributed by atoms with E-state index in [1.54, 1.807) is 18.4 Å². The molecular weight excluding hydrogens is 508 g/mol. The minimum atomic E-state index is -3.42. The van der Waals surface area contributed by atoms with Crippen LogP contribution in [0.3, 0.4) is 0 Å². The lowest BCUT2D eigenvalue weighted by Gasteiger charge is -2.34. The number of anilines is 1. The highest BCUT2D eigenvalue weighted by atomic mass is 35.5. The summed E-state index contributed by atoms with van der Waals surface area (Å²) in [4.78, 5) is 6.05. The van der Waals surface area contributed by atoms with Crippen LogP contribution in [0.25, 0.3) is 11.3 Å². The van der Waals surface area contributed by atoms with Crippen LogP contribution >= 0.6 is 23.7 Å². The van der Waals surface area contributed by atoms with Crippen molar-refractivity contribution in [2.45, 2.75) is 44.4 Å². The van der Waals surface area contributed by atoms with Crippen LogP contribution in [0.5, 0.6) is 5.75 Å². The summed E-state index contributed by atoms with van der Waals surface area (Å²) in [5, 5.41) is 0.630. The van der Waals surface area contributed by atoms with E-state index in [1.807, 2.05) is 6.07 Å². The summed E-state index contributed by atoms with van der Waals surface area (Å²) in [5.74, 6) is 2.27. The van der Waals surface area contributed by atoms with Crippen molar-refractivity contribution in [3.05, 3.63) is 28.6 Å². The molecule has 1 unspecified atom stereocenters. The monoisotopic (exact) mass is 542 g/mol. The average molecular weight is 543 g/mol. The molecule has 2 heterocycles. The van der Waals surface area contributed by atoms with Crippen LogP contribution in [0, 0.1) is 11.8 Å². The van der Waals surface area contributed by atoms with Gasteiger partial charge in [-0.05, 0) is 80.0 Å². The predicted molar refractivity (Wildman–Crippen MR) is 142 cm³/mol. The van der Waals surface area contributed by atoms with E-state index >= 15 is 0 Å². The van der Waals surface area contributed by atoms with Crippen LogP contribution in [0.4, 0.5) is 5.13 Å². The second-order valence-electron chi connectivity index (χ2n) is 9.58. The van der Waals surface area contributed by atoms with E-state index in [-0.39, 0.29) is 12.4 Å². The Morgan fingerprint density at radius 1 is 1.20 bits per heavy atom. The number of morpholine rings is 1. The van der Waals surface area contributed by atoms with Crippen LogP contribution in [-0.4, -0.2) is 57.7 Å². The third-order valence-corrected chi connectivity index (χ3v) is 10.2. The number of halogens is 1. The molecule has 1 saturated carbocycles. The van der Waals surface area contributed by atoms with Crippen molar-refractivity contribution in [1.82, 2.24) is 14.0 Å². The molecule has 8 nitrogen and oxygen atoms in total. The lowest BCUT2D eigenvalue weighted by molar-refractivity contribution is 0.0723. The molecule has 35 heavy (non-hydrogen) atoms. The third-order valence-electron chi connectivity index (χ3n) is 7.62. The zero-order chi connectivity index (χ0) is 23.7. The number of nitrogen functional groups attached to an aromatic ring is 1. The van der Waals surface area contributed by atoms with Gasteiger partial charge in [-0.1, -0.05) is 0 Å². The van der Waals surface area contributed by atoms with Gasteiger partial charge in [0.2, 0.25) is 0 Å². The summed E-state index contributed by atoms with van der Waals surface area (Å²) >= 11 is 1.64. The van der Waals surface area contributed by atoms with Crippen molar-refractivity contribution >= 4 is 39.1 Å². The summed E-state index contributed by atoms with van der Waals surface area (Å²) in [5.41, 5.74) is 9.68. The molecule has 1 aliphatic heterocycles. The summed E-state index contributed by atoms with van der Waals surface area (Å²) in [7, 11) is -1.72. The van der Waals surface area contributed by atoms with E-state index in [9.17, 15) is 8.42 Å². The lowest BCUT2D eigenvalue weighted by Crippen LogP contribution is -2.47. The maximum Gasteiger partial charge on any atom is 0.279 e. The Hall–Kier alpha value is -1.43. The van der Waals surface area contributed by atoms with E-state index < -0.39 is 10.2 Å². The van der Waals surface area contributed by atoms with Crippen molar-refractivity contribution < 1.29 is 17.9 Å². The Morgan fingerprint density at radius 2 is 1.94 bits per heavy atom. The Morgan fingerprint density at radius 3 is 2.66 bits per heavy atom. The summed E-state index contributed by atoms with van der Waals surface area (Å²) in [6, 6.07) is 6.25. The Balaban J connectivity index is 0.00000289. The highest BCUT2D eigenvalue weighted by Crippen LogP contribution is 2.49. The van der Waals surface area contributed by atoms with Crippen LogP contribution in [0.1, 0.15) is 48.5 Å². The number of methoxy groups -OCH3 is 1. The molecule has 2 fully saturated rings. The molecule has 0 radical (unpaired) electrons. The zero-order valence-corrected chi connectivity index (χ0v) is 22.5. The average Bonchev–Trinajstić information content (AvgIpc) is 3.18. The number of ether oxygens (including phenoxy) is 2. The first-order chi connectivity index (χ1) is 16.4. The fourth-order valence-electron chi connectivity index (χ4n) is 5.72. The number of nitrogens with one attached hydrogen (secondary N) is 1. The van der Waals surface area contributed by atoms with E-state index in [4.69, 9.17) is 20.2 Å². The molecule has 11 heteroatoms. The largest absolute Gasteiger partial charge is 0.497 e. The van der Waals surface area contributed by atoms with Gasteiger partial charge in [0, 0.05) is 30.1 Å². The highest BCUT2D eigenvalue weighted by molar-refractivity contribution is 7.87. The molecule has 0 amide bonds. The number of aromatic nitrogens is 1. The number of hydrogen-bond donors (Lipinski definition) is 2. The standard InChI is InChI=1S/C24H34N4O4S2.ClH/c1-31-19-7-9-20-18(14-19)6-8-21(23-22(20)27-24(25)33-23)17-4-2-16(3-5-17)15-26-34(29,30)28-10-12-32-13-11-28;/h7,9,14,16-17,21,26H,2-6,8,10-13,15H2,1H3,(H2,25,27);1H. The molecule has 1 aromatic heterocycles. The van der Waals surface area contributed by atoms with Gasteiger partial charge in [0.25, 0.3) is 10.2 Å². The number of rotatable bonds is 6. The minimum absolute atomic E-state index is 0. The van der Waals surface area contributed by atoms with Crippen molar-refractivity contribution in [3.63, 3.8) is 0 Å². The quantitative estimate of drug-likeness (QED) is 0.574. The number of nitrogens with two attached hydrogens (primary N) is 1. The van der Waals surface area contributed by atoms with Gasteiger partial charge in [-0.3, -0.25) is 0 Å². The molecule has 2 aromatic rings. The summed E-state index contributed by atoms with van der Waals surface area (Å²) < 4.78 is 40.3. The molecule has 0 bridgehead atoms. The van der Waals surface area contributed by atoms with Gasteiger partial charge in [0.1, 0.15) is 5.75 Å². The first-order valence-corrected chi connectivity index (χ1v) is 14.5. The molecule has 2 aliphatic carbocycles. The fourth-order valence-corrected chi connectivity index (χ4v) is 8.05. The van der Waals surface area contributed by atoms with Crippen molar-refractivity contribution in [3.8, 4) is 17.0 Å². The normalized spacial score (nSPS) is 25.1. The number of fused-ring (bicyclic) bond motifs is 3. The molecule has 3 N–H and O–H groups in total. The third kappa shape index (κ3) is 5.78. The van der Waals surface area contributed by atoms with Crippen LogP contribution < -0.4 is 15.2 Å². The van der Waals surface area contributed by atoms with E-state index in [0.29, 0.717) is 55.7 Å². The summed E-state index contributed by atoms with van der Waals surface area (Å²) in [6.07, 6.45) is 6.36. The molecule has 5 rings (SSSR count). The van der Waals surface area contributed by atoms with Gasteiger partial charge in [0.15, 0.2) is 5.13 Å². The van der Waals surface area contributed by atoms with E-state index in [1.165, 1.54) is 20.3 Å². The molecule has 1 atom stereocenters. The number of benzene rings is 1. The smallest absolute Gasteiger partial charge is 0.279 e. The van der Waals surface area contributed by atoms with E-state index in [0.717, 1.165) is 50.0 Å². The summed E-state index contributed by atoms with van der Waals surface area (Å²) in [6.45, 7) is 2.31. The number of hydrogen-bond acceptors (Lipinski definition) is 7. The van der Waals surface area contributed by atoms with Crippen molar-refractivity contribution in [1.29, 1.82) is 0 Å². The topological polar surface area (TPSA) is 107 Å². The van der Waals surface area contributed by atoms with Gasteiger partial charge in [-0.25, -0.2) is 9.71 Å². The molecule has 1 aromatic carbocycles. The maximum atomic E-state index is 12.6. The number of thiazole rings is 1. The SMILES string of the molecule is COc1ccc2c(c1)CCC(C1CCC(CNS(=O)(=O)N3CCOCC3)CC1)c1sc(N)nc1-2.Cl. The van der Waals surface area contributed by atoms with Crippen LogP contribution in [0.15, 0.2) is 18.2 Å². The second kappa shape index (κ2) is 11.3. The van der Waals surface area contributed by atoms with Crippen molar-refractivity contribution in [2.75, 3.05) is 45.7 Å². The minimum Gasteiger partial charge on any atom is -0.497 e. The molecule has 0 spiro atoms. The first kappa shape index (κ1) is 26.6. The Kier molecular flexibility index (Phi) is 8.61. The Bertz CT molecular complexity index is 1110. The Labute approximate surface area is 218 Å². The predicted octanol–water partition coefficient (Wildman–Crippen LogP) is 3.83. The number of nitrogens with zero attached hydrogens (tertiary/aromatic N) is 2. The molecular formula is C24H35ClN4O4S2. The van der Waals surface area contributed by atoms with Gasteiger partial charge in [-0.15, -0.1) is 23.7 Å². The van der Waals surface area contributed by atoms with E-state index in [2.05, 4.69) is 16.9 Å². The van der Waals surface area contributed by atoms with Gasteiger partial charge >= 0.3 is 0 Å². The van der Waals surface area contributed by atoms with Crippen LogP contribution in [-0.2, 0) is 21.4 Å². The van der Waals surface area contributed by atoms with Gasteiger partial charge in [0.05, 0.1) is 26.0 Å². The van der Waals surface area contributed by atoms with Gasteiger partial charge < -0.3 is 15.2 Å². The molecule has 1 saturated heterocycles. The fraction of sp³-hybridized carbons (Fsp3) is 0.625. The molecule has 3 aliphatic rings.